The van der Waals surface area contributed by atoms with E-state index in [-0.39, 0.29) is 6.04 Å². The van der Waals surface area contributed by atoms with Gasteiger partial charge in [0.15, 0.2) is 0 Å². The smallest absolute Gasteiger partial charge is 0.146 e. The molecule has 0 bridgehead atoms. The van der Waals surface area contributed by atoms with E-state index in [1.807, 2.05) is 43.3 Å². The number of halogens is 2. The Morgan fingerprint density at radius 3 is 2.63 bits per heavy atom. The highest BCUT2D eigenvalue weighted by atomic mass is 79.9. The fourth-order valence-electron chi connectivity index (χ4n) is 1.78. The lowest BCUT2D eigenvalue weighted by Gasteiger charge is -2.14. The fraction of sp³-hybridized carbons (Fsp3) is 0.200. The van der Waals surface area contributed by atoms with Gasteiger partial charge in [0.05, 0.1) is 5.02 Å². The molecule has 0 heterocycles. The summed E-state index contributed by atoms with van der Waals surface area (Å²) in [6.07, 6.45) is 0.757. The average Bonchev–Trinajstić information content (AvgIpc) is 2.35. The minimum atomic E-state index is 0.0785. The summed E-state index contributed by atoms with van der Waals surface area (Å²) in [6, 6.07) is 13.4. The van der Waals surface area contributed by atoms with Crippen molar-refractivity contribution in [3.63, 3.8) is 0 Å². The monoisotopic (exact) mass is 339 g/mol. The maximum atomic E-state index is 6.11. The van der Waals surface area contributed by atoms with Crippen LogP contribution in [-0.4, -0.2) is 6.04 Å². The first-order valence-electron chi connectivity index (χ1n) is 6.02. The summed E-state index contributed by atoms with van der Waals surface area (Å²) in [5.41, 5.74) is 6.93. The Bertz CT molecular complexity index is 572. The van der Waals surface area contributed by atoms with E-state index in [1.54, 1.807) is 6.07 Å². The zero-order chi connectivity index (χ0) is 13.8. The maximum absolute atomic E-state index is 6.11. The summed E-state index contributed by atoms with van der Waals surface area (Å²) in [4.78, 5) is 0. The summed E-state index contributed by atoms with van der Waals surface area (Å²) in [5, 5.41) is 0.592. The molecular weight excluding hydrogens is 326 g/mol. The molecule has 0 radical (unpaired) electrons. The van der Waals surface area contributed by atoms with Gasteiger partial charge in [-0.2, -0.15) is 0 Å². The van der Waals surface area contributed by atoms with E-state index < -0.39 is 0 Å². The molecule has 19 heavy (non-hydrogen) atoms. The van der Waals surface area contributed by atoms with Crippen molar-refractivity contribution in [1.82, 2.24) is 0 Å². The second kappa shape index (κ2) is 6.42. The van der Waals surface area contributed by atoms with Gasteiger partial charge in [-0.15, -0.1) is 0 Å². The van der Waals surface area contributed by atoms with Gasteiger partial charge in [0, 0.05) is 10.5 Å². The van der Waals surface area contributed by atoms with Crippen molar-refractivity contribution in [3.05, 3.63) is 57.5 Å². The van der Waals surface area contributed by atoms with Crippen molar-refractivity contribution in [3.8, 4) is 11.5 Å². The standard InChI is InChI=1S/C15H15BrClNO/c1-10(18)8-11-6-7-12(16)9-15(11)19-14-5-3-2-4-13(14)17/h2-7,9-10H,8,18H2,1H3. The Morgan fingerprint density at radius 1 is 1.21 bits per heavy atom. The normalized spacial score (nSPS) is 12.2. The Kier molecular flexibility index (Phi) is 4.86. The first-order chi connectivity index (χ1) is 9.06. The van der Waals surface area contributed by atoms with E-state index in [2.05, 4.69) is 15.9 Å². The molecule has 0 amide bonds. The van der Waals surface area contributed by atoms with Crippen molar-refractivity contribution < 1.29 is 4.74 Å². The topological polar surface area (TPSA) is 35.2 Å². The number of rotatable bonds is 4. The highest BCUT2D eigenvalue weighted by Gasteiger charge is 2.09. The molecule has 2 aromatic carbocycles. The van der Waals surface area contributed by atoms with Crippen LogP contribution in [0.15, 0.2) is 46.9 Å². The molecule has 0 saturated carbocycles. The molecule has 1 unspecified atom stereocenters. The summed E-state index contributed by atoms with van der Waals surface area (Å²) >= 11 is 9.56. The molecule has 0 aliphatic heterocycles. The lowest BCUT2D eigenvalue weighted by molar-refractivity contribution is 0.473. The predicted octanol–water partition coefficient (Wildman–Crippen LogP) is 4.78. The summed E-state index contributed by atoms with van der Waals surface area (Å²) in [6.45, 7) is 1.97. The number of para-hydroxylation sites is 1. The van der Waals surface area contributed by atoms with Crippen molar-refractivity contribution in [2.24, 2.45) is 5.73 Å². The summed E-state index contributed by atoms with van der Waals surface area (Å²) in [7, 11) is 0. The van der Waals surface area contributed by atoms with Gasteiger partial charge < -0.3 is 10.5 Å². The van der Waals surface area contributed by atoms with Crippen LogP contribution in [0.25, 0.3) is 0 Å². The zero-order valence-electron chi connectivity index (χ0n) is 10.6. The Labute approximate surface area is 126 Å². The third kappa shape index (κ3) is 3.96. The quantitative estimate of drug-likeness (QED) is 0.869. The van der Waals surface area contributed by atoms with Crippen molar-refractivity contribution in [1.29, 1.82) is 0 Å². The highest BCUT2D eigenvalue weighted by molar-refractivity contribution is 9.10. The summed E-state index contributed by atoms with van der Waals surface area (Å²) in [5.74, 6) is 1.42. The number of nitrogens with two attached hydrogens (primary N) is 1. The lowest BCUT2D eigenvalue weighted by Crippen LogP contribution is -2.18. The zero-order valence-corrected chi connectivity index (χ0v) is 12.9. The van der Waals surface area contributed by atoms with Crippen molar-refractivity contribution >= 4 is 27.5 Å². The number of benzene rings is 2. The van der Waals surface area contributed by atoms with Gasteiger partial charge in [0.25, 0.3) is 0 Å². The molecule has 0 saturated heterocycles. The predicted molar refractivity (Wildman–Crippen MR) is 83.0 cm³/mol. The van der Waals surface area contributed by atoms with Gasteiger partial charge in [-0.25, -0.2) is 0 Å². The van der Waals surface area contributed by atoms with Crippen LogP contribution >= 0.6 is 27.5 Å². The molecule has 2 rings (SSSR count). The van der Waals surface area contributed by atoms with Crippen LogP contribution in [0.4, 0.5) is 0 Å². The molecule has 100 valence electrons. The average molecular weight is 341 g/mol. The number of ether oxygens (including phenoxy) is 1. The van der Waals surface area contributed by atoms with Crippen LogP contribution in [0.2, 0.25) is 5.02 Å². The maximum Gasteiger partial charge on any atom is 0.146 e. The Hall–Kier alpha value is -1.03. The van der Waals surface area contributed by atoms with E-state index in [9.17, 15) is 0 Å². The first-order valence-corrected chi connectivity index (χ1v) is 7.20. The molecule has 0 aromatic heterocycles. The lowest BCUT2D eigenvalue weighted by atomic mass is 10.1. The van der Waals surface area contributed by atoms with Crippen molar-refractivity contribution in [2.45, 2.75) is 19.4 Å². The molecule has 0 aliphatic rings. The Morgan fingerprint density at radius 2 is 1.95 bits per heavy atom. The molecule has 0 fully saturated rings. The van der Waals surface area contributed by atoms with Crippen LogP contribution in [0.1, 0.15) is 12.5 Å². The molecule has 2 nitrogen and oxygen atoms in total. The van der Waals surface area contributed by atoms with Gasteiger partial charge in [-0.1, -0.05) is 45.7 Å². The van der Waals surface area contributed by atoms with Crippen LogP contribution in [0.3, 0.4) is 0 Å². The van der Waals surface area contributed by atoms with Crippen LogP contribution in [0.5, 0.6) is 11.5 Å². The minimum Gasteiger partial charge on any atom is -0.455 e. The molecule has 0 aliphatic carbocycles. The highest BCUT2D eigenvalue weighted by Crippen LogP contribution is 2.33. The van der Waals surface area contributed by atoms with Gasteiger partial charge in [0.2, 0.25) is 0 Å². The molecule has 1 atom stereocenters. The van der Waals surface area contributed by atoms with Gasteiger partial charge in [0.1, 0.15) is 11.5 Å². The minimum absolute atomic E-state index is 0.0785. The molecule has 2 N–H and O–H groups in total. The van der Waals surface area contributed by atoms with Crippen LogP contribution in [0, 0.1) is 0 Å². The Balaban J connectivity index is 2.33. The van der Waals surface area contributed by atoms with E-state index in [0.29, 0.717) is 10.8 Å². The van der Waals surface area contributed by atoms with E-state index >= 15 is 0 Å². The fourth-order valence-corrected chi connectivity index (χ4v) is 2.30. The SMILES string of the molecule is CC(N)Cc1ccc(Br)cc1Oc1ccccc1Cl. The van der Waals surface area contributed by atoms with E-state index in [4.69, 9.17) is 22.1 Å². The third-order valence-electron chi connectivity index (χ3n) is 2.63. The molecular formula is C15H15BrClNO. The van der Waals surface area contributed by atoms with E-state index in [0.717, 1.165) is 22.2 Å². The van der Waals surface area contributed by atoms with E-state index in [1.165, 1.54) is 0 Å². The van der Waals surface area contributed by atoms with Crippen LogP contribution in [-0.2, 0) is 6.42 Å². The molecule has 4 heteroatoms. The first kappa shape index (κ1) is 14.4. The number of hydrogen-bond acceptors (Lipinski definition) is 2. The largest absolute Gasteiger partial charge is 0.455 e. The third-order valence-corrected chi connectivity index (χ3v) is 3.43. The second-order valence-corrected chi connectivity index (χ2v) is 5.79. The molecule has 2 aromatic rings. The summed E-state index contributed by atoms with van der Waals surface area (Å²) < 4.78 is 6.87. The second-order valence-electron chi connectivity index (χ2n) is 4.47. The van der Waals surface area contributed by atoms with Crippen LogP contribution < -0.4 is 10.5 Å². The van der Waals surface area contributed by atoms with Gasteiger partial charge in [-0.3, -0.25) is 0 Å². The number of hydrogen-bond donors (Lipinski definition) is 1. The van der Waals surface area contributed by atoms with Gasteiger partial charge >= 0.3 is 0 Å². The van der Waals surface area contributed by atoms with Gasteiger partial charge in [-0.05, 0) is 43.2 Å². The molecule has 0 spiro atoms. The van der Waals surface area contributed by atoms with Crippen molar-refractivity contribution in [2.75, 3.05) is 0 Å².